The number of methoxy groups -OCH3 is 1. The lowest BCUT2D eigenvalue weighted by Crippen LogP contribution is -2.17. The van der Waals surface area contributed by atoms with Crippen LogP contribution in [0.25, 0.3) is 0 Å². The van der Waals surface area contributed by atoms with Crippen molar-refractivity contribution in [1.82, 2.24) is 5.32 Å². The molecule has 0 fully saturated rings. The normalized spacial score (nSPS) is 11.9. The van der Waals surface area contributed by atoms with E-state index in [9.17, 15) is 0 Å². The highest BCUT2D eigenvalue weighted by atomic mass is 35.5. The highest BCUT2D eigenvalue weighted by molar-refractivity contribution is 7.16. The van der Waals surface area contributed by atoms with Gasteiger partial charge in [-0.05, 0) is 37.3 Å². The highest BCUT2D eigenvalue weighted by Gasteiger charge is 2.10. The van der Waals surface area contributed by atoms with Gasteiger partial charge in [-0.3, -0.25) is 0 Å². The number of halogens is 1. The molecule has 0 aliphatic heterocycles. The van der Waals surface area contributed by atoms with Gasteiger partial charge in [0.05, 0.1) is 23.1 Å². The second kappa shape index (κ2) is 6.76. The number of ether oxygens (including phenoxy) is 1. The lowest BCUT2D eigenvalue weighted by molar-refractivity contribution is 0.406. The summed E-state index contributed by atoms with van der Waals surface area (Å²) in [5, 5.41) is 12.4. The van der Waals surface area contributed by atoms with Crippen molar-refractivity contribution >= 4 is 22.9 Å². The maximum absolute atomic E-state index is 8.96. The van der Waals surface area contributed by atoms with Crippen molar-refractivity contribution in [3.63, 3.8) is 0 Å². The summed E-state index contributed by atoms with van der Waals surface area (Å²) in [6, 6.07) is 11.7. The van der Waals surface area contributed by atoms with E-state index in [4.69, 9.17) is 21.6 Å². The van der Waals surface area contributed by atoms with Gasteiger partial charge in [-0.15, -0.1) is 11.3 Å². The zero-order valence-electron chi connectivity index (χ0n) is 11.3. The van der Waals surface area contributed by atoms with Crippen molar-refractivity contribution in [2.24, 2.45) is 0 Å². The van der Waals surface area contributed by atoms with Gasteiger partial charge in [-0.1, -0.05) is 11.6 Å². The third-order valence-corrected chi connectivity index (χ3v) is 4.44. The largest absolute Gasteiger partial charge is 0.496 e. The quantitative estimate of drug-likeness (QED) is 0.903. The van der Waals surface area contributed by atoms with Crippen LogP contribution < -0.4 is 10.1 Å². The van der Waals surface area contributed by atoms with Gasteiger partial charge in [0.25, 0.3) is 0 Å². The Balaban J connectivity index is 2.08. The molecule has 20 heavy (non-hydrogen) atoms. The van der Waals surface area contributed by atoms with Crippen LogP contribution in [0.15, 0.2) is 30.3 Å². The minimum absolute atomic E-state index is 0.197. The Hall–Kier alpha value is -1.54. The summed E-state index contributed by atoms with van der Waals surface area (Å²) >= 11 is 7.51. The number of benzene rings is 1. The maximum atomic E-state index is 8.96. The van der Waals surface area contributed by atoms with Crippen LogP contribution in [0.2, 0.25) is 4.34 Å². The Bertz CT molecular complexity index is 633. The Kier molecular flexibility index (Phi) is 5.02. The number of hydrogen-bond acceptors (Lipinski definition) is 4. The van der Waals surface area contributed by atoms with Crippen molar-refractivity contribution in [2.75, 3.05) is 7.11 Å². The molecule has 2 aromatic rings. The second-order valence-electron chi connectivity index (χ2n) is 4.38. The molecule has 1 heterocycles. The van der Waals surface area contributed by atoms with Crippen molar-refractivity contribution in [3.05, 3.63) is 50.7 Å². The molecule has 1 aromatic heterocycles. The predicted octanol–water partition coefficient (Wildman–Crippen LogP) is 4.13. The molecule has 3 nitrogen and oxygen atoms in total. The summed E-state index contributed by atoms with van der Waals surface area (Å²) in [4.78, 5) is 1.19. The highest BCUT2D eigenvalue weighted by Crippen LogP contribution is 2.27. The van der Waals surface area contributed by atoms with Gasteiger partial charge in [-0.2, -0.15) is 5.26 Å². The summed E-state index contributed by atoms with van der Waals surface area (Å²) < 4.78 is 6.11. The summed E-state index contributed by atoms with van der Waals surface area (Å²) in [6.07, 6.45) is 0. The fourth-order valence-corrected chi connectivity index (χ4v) is 3.00. The van der Waals surface area contributed by atoms with Crippen LogP contribution in [-0.2, 0) is 6.54 Å². The van der Waals surface area contributed by atoms with Gasteiger partial charge in [0.2, 0.25) is 0 Å². The minimum atomic E-state index is 0.197. The fraction of sp³-hybridized carbons (Fsp3) is 0.267. The summed E-state index contributed by atoms with van der Waals surface area (Å²) in [7, 11) is 1.63. The summed E-state index contributed by atoms with van der Waals surface area (Å²) in [5.74, 6) is 0.785. The summed E-state index contributed by atoms with van der Waals surface area (Å²) in [5.41, 5.74) is 1.61. The van der Waals surface area contributed by atoms with E-state index in [1.807, 2.05) is 24.3 Å². The topological polar surface area (TPSA) is 45.0 Å². The molecule has 1 N–H and O–H groups in total. The molecular formula is C15H15ClN2OS. The smallest absolute Gasteiger partial charge is 0.123 e. The number of nitrogens with zero attached hydrogens (tertiary/aromatic N) is 1. The van der Waals surface area contributed by atoms with Crippen molar-refractivity contribution in [1.29, 1.82) is 5.26 Å². The predicted molar refractivity (Wildman–Crippen MR) is 82.3 cm³/mol. The van der Waals surface area contributed by atoms with Crippen LogP contribution in [0.5, 0.6) is 5.75 Å². The van der Waals surface area contributed by atoms with E-state index in [2.05, 4.69) is 18.3 Å². The molecule has 1 unspecified atom stereocenters. The monoisotopic (exact) mass is 306 g/mol. The molecule has 0 spiro atoms. The van der Waals surface area contributed by atoms with Crippen LogP contribution in [-0.4, -0.2) is 7.11 Å². The first-order chi connectivity index (χ1) is 9.63. The van der Waals surface area contributed by atoms with E-state index in [0.717, 1.165) is 15.6 Å². The standard InChI is InChI=1S/C15H15ClN2OS/c1-10(14-5-6-15(16)20-14)18-9-12-7-11(8-17)3-4-13(12)19-2/h3-7,10,18H,9H2,1-2H3. The third-order valence-electron chi connectivity index (χ3n) is 3.03. The first kappa shape index (κ1) is 14.9. The van der Waals surface area contributed by atoms with Gasteiger partial charge >= 0.3 is 0 Å². The molecule has 0 aliphatic rings. The second-order valence-corrected chi connectivity index (χ2v) is 6.13. The van der Waals surface area contributed by atoms with Crippen LogP contribution in [0.1, 0.15) is 29.0 Å². The van der Waals surface area contributed by atoms with Crippen LogP contribution in [0.3, 0.4) is 0 Å². The number of nitriles is 1. The van der Waals surface area contributed by atoms with E-state index in [1.54, 1.807) is 24.5 Å². The average Bonchev–Trinajstić information content (AvgIpc) is 2.91. The molecule has 0 aliphatic carbocycles. The SMILES string of the molecule is COc1ccc(C#N)cc1CNC(C)c1ccc(Cl)s1. The number of nitrogens with one attached hydrogen (secondary N) is 1. The minimum Gasteiger partial charge on any atom is -0.496 e. The average molecular weight is 307 g/mol. The molecular weight excluding hydrogens is 292 g/mol. The van der Waals surface area contributed by atoms with Gasteiger partial charge in [-0.25, -0.2) is 0 Å². The Morgan fingerprint density at radius 2 is 2.20 bits per heavy atom. The summed E-state index contributed by atoms with van der Waals surface area (Å²) in [6.45, 7) is 2.72. The molecule has 5 heteroatoms. The van der Waals surface area contributed by atoms with E-state index < -0.39 is 0 Å². The van der Waals surface area contributed by atoms with E-state index >= 15 is 0 Å². The number of thiophene rings is 1. The van der Waals surface area contributed by atoms with Crippen LogP contribution >= 0.6 is 22.9 Å². The molecule has 0 saturated carbocycles. The Morgan fingerprint density at radius 1 is 1.40 bits per heavy atom. The number of hydrogen-bond donors (Lipinski definition) is 1. The van der Waals surface area contributed by atoms with E-state index in [1.165, 1.54) is 4.88 Å². The maximum Gasteiger partial charge on any atom is 0.123 e. The first-order valence-corrected chi connectivity index (χ1v) is 7.39. The molecule has 0 bridgehead atoms. The Morgan fingerprint density at radius 3 is 2.80 bits per heavy atom. The Labute approximate surface area is 127 Å². The van der Waals surface area contributed by atoms with Crippen LogP contribution in [0, 0.1) is 11.3 Å². The van der Waals surface area contributed by atoms with E-state index in [0.29, 0.717) is 12.1 Å². The molecule has 2 rings (SSSR count). The molecule has 0 amide bonds. The molecule has 0 saturated heterocycles. The molecule has 1 aromatic carbocycles. The fourth-order valence-electron chi connectivity index (χ4n) is 1.91. The lowest BCUT2D eigenvalue weighted by atomic mass is 10.1. The van der Waals surface area contributed by atoms with Gasteiger partial charge < -0.3 is 10.1 Å². The van der Waals surface area contributed by atoms with Crippen molar-refractivity contribution < 1.29 is 4.74 Å². The number of rotatable bonds is 5. The lowest BCUT2D eigenvalue weighted by Gasteiger charge is -2.14. The van der Waals surface area contributed by atoms with Crippen molar-refractivity contribution in [3.8, 4) is 11.8 Å². The van der Waals surface area contributed by atoms with Crippen molar-refractivity contribution in [2.45, 2.75) is 19.5 Å². The zero-order chi connectivity index (χ0) is 14.5. The first-order valence-electron chi connectivity index (χ1n) is 6.19. The van der Waals surface area contributed by atoms with Gasteiger partial charge in [0, 0.05) is 23.0 Å². The molecule has 0 radical (unpaired) electrons. The third kappa shape index (κ3) is 3.51. The van der Waals surface area contributed by atoms with E-state index in [-0.39, 0.29) is 6.04 Å². The zero-order valence-corrected chi connectivity index (χ0v) is 12.9. The van der Waals surface area contributed by atoms with Gasteiger partial charge in [0.15, 0.2) is 0 Å². The van der Waals surface area contributed by atoms with Crippen LogP contribution in [0.4, 0.5) is 0 Å². The molecule has 1 atom stereocenters. The van der Waals surface area contributed by atoms with Gasteiger partial charge in [0.1, 0.15) is 5.75 Å². The molecule has 104 valence electrons.